The van der Waals surface area contributed by atoms with E-state index in [1.54, 1.807) is 63.2 Å². The van der Waals surface area contributed by atoms with Gasteiger partial charge >= 0.3 is 12.6 Å². The van der Waals surface area contributed by atoms with Gasteiger partial charge in [0.1, 0.15) is 17.6 Å². The second kappa shape index (κ2) is 10.4. The van der Waals surface area contributed by atoms with Gasteiger partial charge in [0, 0.05) is 11.4 Å². The van der Waals surface area contributed by atoms with Gasteiger partial charge in [-0.25, -0.2) is 8.42 Å². The molecular weight excluding hydrogens is 540 g/mol. The lowest BCUT2D eigenvalue weighted by Gasteiger charge is -2.38. The Balaban J connectivity index is 1.82. The summed E-state index contributed by atoms with van der Waals surface area (Å²) < 4.78 is 65.1. The smallest absolute Gasteiger partial charge is 0.387 e. The third kappa shape index (κ3) is 5.86. The first-order valence-corrected chi connectivity index (χ1v) is 13.5. The number of halogens is 3. The van der Waals surface area contributed by atoms with Crippen LogP contribution in [0.4, 0.5) is 14.5 Å². The molecule has 0 aromatic heterocycles. The summed E-state index contributed by atoms with van der Waals surface area (Å²) in [6.45, 7) is 1.71. The zero-order valence-electron chi connectivity index (χ0n) is 20.8. The highest BCUT2D eigenvalue weighted by Crippen LogP contribution is 2.42. The van der Waals surface area contributed by atoms with Crippen LogP contribution in [0, 0.1) is 12.3 Å². The highest BCUT2D eigenvalue weighted by atomic mass is 35.5. The van der Waals surface area contributed by atoms with Gasteiger partial charge in [0.2, 0.25) is 0 Å². The summed E-state index contributed by atoms with van der Waals surface area (Å²) in [5.74, 6) is -0.928. The van der Waals surface area contributed by atoms with Crippen molar-refractivity contribution in [2.75, 3.05) is 10.8 Å². The van der Waals surface area contributed by atoms with Crippen LogP contribution in [0.1, 0.15) is 25.8 Å². The van der Waals surface area contributed by atoms with E-state index in [0.29, 0.717) is 11.1 Å². The number of carbonyl (C=O) groups is 1. The Morgan fingerprint density at radius 1 is 1.16 bits per heavy atom. The average molecular weight is 566 g/mol. The first-order valence-electron chi connectivity index (χ1n) is 11.7. The molecule has 1 atom stereocenters. The average Bonchev–Trinajstić information content (AvgIpc) is 2.82. The van der Waals surface area contributed by atoms with Gasteiger partial charge in [-0.15, -0.1) is 0 Å². The molecule has 4 rings (SSSR count). The molecule has 3 aromatic rings. The Morgan fingerprint density at radius 3 is 2.55 bits per heavy atom. The van der Waals surface area contributed by atoms with E-state index in [0.717, 1.165) is 5.56 Å². The highest BCUT2D eigenvalue weighted by molar-refractivity contribution is 7.92. The number of carboxylic acid groups (broad SMARTS) is 1. The number of fused-ring (bicyclic) bond motifs is 1. The van der Waals surface area contributed by atoms with E-state index in [-0.39, 0.29) is 40.1 Å². The zero-order chi connectivity index (χ0) is 27.8. The summed E-state index contributed by atoms with van der Waals surface area (Å²) in [5.41, 5.74) is 0.732. The third-order valence-electron chi connectivity index (χ3n) is 6.21. The van der Waals surface area contributed by atoms with Crippen molar-refractivity contribution in [1.82, 2.24) is 0 Å². The standard InChI is InChI=1S/C27H26ClF2NO6S/c1-16-5-4-6-22(9-16)38(34,35)31-15-21(14-27(2,3)25(32)33)36-24-8-7-17(12-23(24)31)18-10-19(28)13-20(11-18)37-26(29)30/h4-13,21,26H,14-15H2,1-3H3,(H,32,33)/t21-/m0/s1. The molecule has 38 heavy (non-hydrogen) atoms. The van der Waals surface area contributed by atoms with Crippen molar-refractivity contribution < 1.29 is 36.6 Å². The molecule has 7 nitrogen and oxygen atoms in total. The van der Waals surface area contributed by atoms with Crippen molar-refractivity contribution in [3.8, 4) is 22.6 Å². The molecular formula is C27H26ClF2NO6S. The van der Waals surface area contributed by atoms with Gasteiger partial charge in [0.15, 0.2) is 0 Å². The summed E-state index contributed by atoms with van der Waals surface area (Å²) in [6, 6.07) is 15.4. The van der Waals surface area contributed by atoms with E-state index in [2.05, 4.69) is 4.74 Å². The summed E-state index contributed by atoms with van der Waals surface area (Å²) >= 11 is 6.13. The second-order valence-corrected chi connectivity index (χ2v) is 12.0. The zero-order valence-corrected chi connectivity index (χ0v) is 22.4. The molecule has 202 valence electrons. The van der Waals surface area contributed by atoms with E-state index in [4.69, 9.17) is 16.3 Å². The molecule has 0 spiro atoms. The number of nitrogens with zero attached hydrogens (tertiary/aromatic N) is 1. The minimum atomic E-state index is -4.08. The van der Waals surface area contributed by atoms with Crippen LogP contribution < -0.4 is 13.8 Å². The van der Waals surface area contributed by atoms with Gasteiger partial charge in [0.25, 0.3) is 10.0 Å². The molecule has 0 bridgehead atoms. The van der Waals surface area contributed by atoms with E-state index in [9.17, 15) is 27.1 Å². The van der Waals surface area contributed by atoms with Gasteiger partial charge in [-0.05, 0) is 79.9 Å². The minimum absolute atomic E-state index is 0.0615. The fraction of sp³-hybridized carbons (Fsp3) is 0.296. The number of sulfonamides is 1. The topological polar surface area (TPSA) is 93.1 Å². The number of aryl methyl sites for hydroxylation is 1. The van der Waals surface area contributed by atoms with Crippen LogP contribution in [-0.2, 0) is 14.8 Å². The van der Waals surface area contributed by atoms with Crippen LogP contribution in [-0.4, -0.2) is 38.8 Å². The molecule has 0 fully saturated rings. The van der Waals surface area contributed by atoms with Crippen LogP contribution in [0.15, 0.2) is 65.6 Å². The molecule has 1 aliphatic rings. The Bertz CT molecular complexity index is 1480. The number of ether oxygens (including phenoxy) is 2. The van der Waals surface area contributed by atoms with Crippen molar-refractivity contribution in [1.29, 1.82) is 0 Å². The van der Waals surface area contributed by atoms with Crippen molar-refractivity contribution >= 4 is 33.3 Å². The predicted molar refractivity (Wildman–Crippen MR) is 140 cm³/mol. The largest absolute Gasteiger partial charge is 0.486 e. The maximum atomic E-state index is 13.9. The lowest BCUT2D eigenvalue weighted by Crippen LogP contribution is -2.46. The van der Waals surface area contributed by atoms with E-state index >= 15 is 0 Å². The number of benzene rings is 3. The van der Waals surface area contributed by atoms with Crippen molar-refractivity contribution in [2.45, 2.75) is 44.8 Å². The van der Waals surface area contributed by atoms with Crippen LogP contribution in [0.25, 0.3) is 11.1 Å². The number of rotatable bonds is 8. The van der Waals surface area contributed by atoms with Crippen LogP contribution >= 0.6 is 11.6 Å². The normalized spacial score (nSPS) is 15.7. The van der Waals surface area contributed by atoms with Crippen molar-refractivity contribution in [3.63, 3.8) is 0 Å². The molecule has 1 heterocycles. The van der Waals surface area contributed by atoms with E-state index in [1.165, 1.54) is 22.5 Å². The van der Waals surface area contributed by atoms with Crippen LogP contribution in [0.2, 0.25) is 5.02 Å². The lowest BCUT2D eigenvalue weighted by molar-refractivity contribution is -0.148. The Labute approximate surface area is 224 Å². The molecule has 0 saturated carbocycles. The lowest BCUT2D eigenvalue weighted by atomic mass is 9.86. The highest BCUT2D eigenvalue weighted by Gasteiger charge is 2.39. The molecule has 0 radical (unpaired) electrons. The number of alkyl halides is 2. The van der Waals surface area contributed by atoms with Gasteiger partial charge < -0.3 is 14.6 Å². The fourth-order valence-electron chi connectivity index (χ4n) is 4.29. The van der Waals surface area contributed by atoms with Gasteiger partial charge in [-0.1, -0.05) is 29.8 Å². The van der Waals surface area contributed by atoms with Crippen molar-refractivity contribution in [2.24, 2.45) is 5.41 Å². The SMILES string of the molecule is Cc1cccc(S(=O)(=O)N2C[C@H](CC(C)(C)C(=O)O)Oc3ccc(-c4cc(Cl)cc(OC(F)F)c4)cc32)c1. The Hall–Kier alpha value is -3.37. The number of carboxylic acids is 1. The Morgan fingerprint density at radius 2 is 1.89 bits per heavy atom. The van der Waals surface area contributed by atoms with E-state index in [1.807, 2.05) is 0 Å². The maximum Gasteiger partial charge on any atom is 0.387 e. The molecule has 0 amide bonds. The molecule has 1 aliphatic heterocycles. The predicted octanol–water partition coefficient (Wildman–Crippen LogP) is 6.37. The first-order chi connectivity index (χ1) is 17.8. The molecule has 0 aliphatic carbocycles. The minimum Gasteiger partial charge on any atom is -0.486 e. The fourth-order valence-corrected chi connectivity index (χ4v) is 6.11. The summed E-state index contributed by atoms with van der Waals surface area (Å²) in [7, 11) is -4.08. The molecule has 1 N–H and O–H groups in total. The Kier molecular flexibility index (Phi) is 7.58. The maximum absolute atomic E-state index is 13.9. The van der Waals surface area contributed by atoms with Crippen molar-refractivity contribution in [3.05, 3.63) is 71.2 Å². The molecule has 3 aromatic carbocycles. The molecule has 11 heteroatoms. The van der Waals surface area contributed by atoms with Gasteiger partial charge in [0.05, 0.1) is 22.5 Å². The quantitative estimate of drug-likeness (QED) is 0.341. The summed E-state index contributed by atoms with van der Waals surface area (Å²) in [5, 5.41) is 9.77. The number of anilines is 1. The first kappa shape index (κ1) is 27.7. The van der Waals surface area contributed by atoms with Gasteiger partial charge in [-0.3, -0.25) is 9.10 Å². The van der Waals surface area contributed by atoms with Crippen LogP contribution in [0.3, 0.4) is 0 Å². The van der Waals surface area contributed by atoms with Crippen LogP contribution in [0.5, 0.6) is 11.5 Å². The van der Waals surface area contributed by atoms with E-state index < -0.39 is 34.1 Å². The monoisotopic (exact) mass is 565 g/mol. The van der Waals surface area contributed by atoms with Gasteiger partial charge in [-0.2, -0.15) is 8.78 Å². The number of hydrogen-bond donors (Lipinski definition) is 1. The molecule has 0 saturated heterocycles. The summed E-state index contributed by atoms with van der Waals surface area (Å²) in [4.78, 5) is 11.8. The second-order valence-electron chi connectivity index (χ2n) is 9.72. The number of hydrogen-bond acceptors (Lipinski definition) is 5. The molecule has 0 unspecified atom stereocenters. The number of aliphatic carboxylic acids is 1. The summed E-state index contributed by atoms with van der Waals surface area (Å²) in [6.07, 6.45) is -0.678. The third-order valence-corrected chi connectivity index (χ3v) is 8.21.